The summed E-state index contributed by atoms with van der Waals surface area (Å²) < 4.78 is 6.59. The van der Waals surface area contributed by atoms with Crippen LogP contribution in [0, 0.1) is 5.92 Å². The van der Waals surface area contributed by atoms with Crippen molar-refractivity contribution in [2.24, 2.45) is 5.92 Å². The van der Waals surface area contributed by atoms with Gasteiger partial charge in [0.25, 0.3) is 5.91 Å². The number of piperidine rings is 1. The number of aliphatic hydroxyl groups excluding tert-OH is 1. The highest BCUT2D eigenvalue weighted by Gasteiger charge is 2.74. The molecule has 7 nitrogen and oxygen atoms in total. The summed E-state index contributed by atoms with van der Waals surface area (Å²) in [5.74, 6) is 1.09. The quantitative estimate of drug-likeness (QED) is 0.633. The molecular weight excluding hydrogens is 444 g/mol. The van der Waals surface area contributed by atoms with E-state index < -0.39 is 29.4 Å². The van der Waals surface area contributed by atoms with E-state index in [0.717, 1.165) is 36.6 Å². The van der Waals surface area contributed by atoms with Crippen LogP contribution in [0.4, 0.5) is 0 Å². The number of aliphatic hydroxyl groups is 2. The molecule has 1 amide bonds. The van der Waals surface area contributed by atoms with Crippen LogP contribution in [0.5, 0.6) is 11.5 Å². The predicted molar refractivity (Wildman–Crippen MR) is 126 cm³/mol. The number of aromatic hydroxyl groups is 1. The molecule has 3 N–H and O–H groups in total. The summed E-state index contributed by atoms with van der Waals surface area (Å²) in [6.07, 6.45) is 3.49. The number of likely N-dealkylation sites (tertiary alicyclic amines) is 1. The number of rotatable bonds is 3. The predicted octanol–water partition coefficient (Wildman–Crippen LogP) is 2.47. The molecule has 7 heteroatoms. The number of benzene rings is 2. The van der Waals surface area contributed by atoms with Gasteiger partial charge >= 0.3 is 0 Å². The van der Waals surface area contributed by atoms with Gasteiger partial charge in [-0.3, -0.25) is 9.69 Å². The molecule has 2 aromatic carbocycles. The molecular formula is C28H30N2O5. The Hall–Kier alpha value is -2.61. The Labute approximate surface area is 203 Å². The maximum absolute atomic E-state index is 13.5. The molecule has 2 saturated carbocycles. The fraction of sp³-hybridized carbons (Fsp3) is 0.536. The largest absolute Gasteiger partial charge is 0.504 e. The second kappa shape index (κ2) is 6.58. The Kier molecular flexibility index (Phi) is 3.87. The first-order valence-electron chi connectivity index (χ1n) is 13.0. The third kappa shape index (κ3) is 2.35. The molecule has 8 rings (SSSR count). The number of carbonyl (C=O) groups excluding carboxylic acids is 1. The first-order valence-corrected chi connectivity index (χ1v) is 13.0. The van der Waals surface area contributed by atoms with E-state index in [-0.39, 0.29) is 17.7 Å². The van der Waals surface area contributed by atoms with Crippen LogP contribution in [-0.2, 0) is 11.8 Å². The van der Waals surface area contributed by atoms with Crippen molar-refractivity contribution in [3.05, 3.63) is 58.7 Å². The van der Waals surface area contributed by atoms with Crippen molar-refractivity contribution in [3.8, 4) is 11.5 Å². The van der Waals surface area contributed by atoms with Crippen molar-refractivity contribution in [3.63, 3.8) is 0 Å². The average Bonchev–Trinajstić information content (AvgIpc) is 3.54. The van der Waals surface area contributed by atoms with E-state index in [1.807, 2.05) is 18.2 Å². The van der Waals surface area contributed by atoms with E-state index in [9.17, 15) is 20.1 Å². The average molecular weight is 475 g/mol. The van der Waals surface area contributed by atoms with Crippen LogP contribution in [0.2, 0.25) is 0 Å². The van der Waals surface area contributed by atoms with Crippen LogP contribution in [-0.4, -0.2) is 67.9 Å². The summed E-state index contributed by atoms with van der Waals surface area (Å²) in [5, 5.41) is 34.7. The summed E-state index contributed by atoms with van der Waals surface area (Å²) in [5.41, 5.74) is 1.50. The highest BCUT2D eigenvalue weighted by atomic mass is 16.5. The van der Waals surface area contributed by atoms with Crippen LogP contribution in [0.1, 0.15) is 65.4 Å². The van der Waals surface area contributed by atoms with E-state index in [1.165, 1.54) is 12.8 Å². The highest BCUT2D eigenvalue weighted by molar-refractivity contribution is 5.99. The molecule has 3 heterocycles. The lowest BCUT2D eigenvalue weighted by molar-refractivity contribution is -0.204. The summed E-state index contributed by atoms with van der Waals surface area (Å²) in [6, 6.07) is 10.5. The third-order valence-corrected chi connectivity index (χ3v) is 10.1. The number of hydrogen-bond donors (Lipinski definition) is 3. The standard InChI is InChI=1S/C28H30N2O5/c31-20-8-7-16-13-21-28(34)10-9-19(30-25(32)17-3-1-2-4-18(17)26(30)33)24-27(28,22(16)23(20)35-24)11-12-29(21)14-15-5-6-15/h1-4,7-8,15,19,21,24-25,31-32,34H,5-6,9-14H2/t19-,21+,24+,25?,27+,28-/m1/s1. The number of nitrogens with zero attached hydrogens (tertiary/aromatic N) is 2. The molecule has 1 saturated heterocycles. The monoisotopic (exact) mass is 474 g/mol. The van der Waals surface area contributed by atoms with Crippen LogP contribution >= 0.6 is 0 Å². The van der Waals surface area contributed by atoms with Crippen molar-refractivity contribution in [2.75, 3.05) is 13.1 Å². The topological polar surface area (TPSA) is 93.5 Å². The number of phenols is 1. The second-order valence-corrected chi connectivity index (χ2v) is 11.6. The van der Waals surface area contributed by atoms with Crippen molar-refractivity contribution >= 4 is 5.91 Å². The zero-order chi connectivity index (χ0) is 23.7. The molecule has 6 aliphatic rings. The van der Waals surface area contributed by atoms with Gasteiger partial charge in [0.15, 0.2) is 17.7 Å². The zero-order valence-corrected chi connectivity index (χ0v) is 19.6. The molecule has 182 valence electrons. The van der Waals surface area contributed by atoms with Gasteiger partial charge in [0.05, 0.1) is 17.1 Å². The summed E-state index contributed by atoms with van der Waals surface area (Å²) >= 11 is 0. The fourth-order valence-electron chi connectivity index (χ4n) is 8.39. The molecule has 3 aliphatic carbocycles. The normalized spacial score (nSPS) is 38.8. The molecule has 35 heavy (non-hydrogen) atoms. The molecule has 6 atom stereocenters. The number of carbonyl (C=O) groups is 1. The number of hydrogen-bond acceptors (Lipinski definition) is 6. The Bertz CT molecular complexity index is 1280. The minimum atomic E-state index is -1.04. The lowest BCUT2D eigenvalue weighted by Gasteiger charge is -2.64. The van der Waals surface area contributed by atoms with Gasteiger partial charge in [-0.1, -0.05) is 24.3 Å². The van der Waals surface area contributed by atoms with E-state index in [0.29, 0.717) is 36.1 Å². The summed E-state index contributed by atoms with van der Waals surface area (Å²) in [6.45, 7) is 1.89. The number of phenolic OH excluding ortho intramolecular Hbond substituents is 1. The molecule has 2 aromatic rings. The zero-order valence-electron chi connectivity index (χ0n) is 19.6. The van der Waals surface area contributed by atoms with Crippen LogP contribution in [0.15, 0.2) is 36.4 Å². The molecule has 0 radical (unpaired) electrons. The van der Waals surface area contributed by atoms with Gasteiger partial charge in [0.1, 0.15) is 6.10 Å². The van der Waals surface area contributed by atoms with Crippen LogP contribution < -0.4 is 4.74 Å². The van der Waals surface area contributed by atoms with Gasteiger partial charge in [-0.25, -0.2) is 0 Å². The van der Waals surface area contributed by atoms with Crippen molar-refractivity contribution < 1.29 is 24.9 Å². The Balaban J connectivity index is 1.27. The minimum Gasteiger partial charge on any atom is -0.504 e. The lowest BCUT2D eigenvalue weighted by Crippen LogP contribution is -2.78. The number of fused-ring (bicyclic) bond motifs is 1. The van der Waals surface area contributed by atoms with Gasteiger partial charge in [-0.2, -0.15) is 0 Å². The van der Waals surface area contributed by atoms with Gasteiger partial charge in [0.2, 0.25) is 0 Å². The smallest absolute Gasteiger partial charge is 0.256 e. The van der Waals surface area contributed by atoms with Gasteiger partial charge in [-0.05, 0) is 68.7 Å². The second-order valence-electron chi connectivity index (χ2n) is 11.6. The minimum absolute atomic E-state index is 0.0108. The van der Waals surface area contributed by atoms with E-state index >= 15 is 0 Å². The van der Waals surface area contributed by atoms with Gasteiger partial charge in [0, 0.05) is 29.3 Å². The fourth-order valence-corrected chi connectivity index (χ4v) is 8.39. The van der Waals surface area contributed by atoms with E-state index in [4.69, 9.17) is 4.74 Å². The first kappa shape index (κ1) is 20.6. The Morgan fingerprint density at radius 1 is 1.09 bits per heavy atom. The summed E-state index contributed by atoms with van der Waals surface area (Å²) in [7, 11) is 0. The van der Waals surface area contributed by atoms with E-state index in [1.54, 1.807) is 23.1 Å². The number of ether oxygens (including phenoxy) is 1. The van der Waals surface area contributed by atoms with Crippen molar-refractivity contribution in [1.82, 2.24) is 9.80 Å². The highest BCUT2D eigenvalue weighted by Crippen LogP contribution is 2.66. The molecule has 0 aromatic heterocycles. The van der Waals surface area contributed by atoms with Crippen LogP contribution in [0.3, 0.4) is 0 Å². The molecule has 3 fully saturated rings. The SMILES string of the molecule is O=C1c2ccccc2C(O)N1[C@@H]1CC[C@@]2(O)[C@@H]3Cc4ccc(O)c5c4[C@@]2(CCN3CC2CC2)[C@H]1O5. The summed E-state index contributed by atoms with van der Waals surface area (Å²) in [4.78, 5) is 17.6. The van der Waals surface area contributed by atoms with Crippen molar-refractivity contribution in [2.45, 2.75) is 74.0 Å². The third-order valence-electron chi connectivity index (χ3n) is 10.1. The van der Waals surface area contributed by atoms with Gasteiger partial charge in [-0.15, -0.1) is 0 Å². The maximum Gasteiger partial charge on any atom is 0.256 e. The van der Waals surface area contributed by atoms with Gasteiger partial charge < -0.3 is 25.0 Å². The maximum atomic E-state index is 13.5. The van der Waals surface area contributed by atoms with Crippen LogP contribution in [0.25, 0.3) is 0 Å². The lowest BCUT2D eigenvalue weighted by atomic mass is 9.48. The first-order chi connectivity index (χ1) is 16.9. The van der Waals surface area contributed by atoms with E-state index in [2.05, 4.69) is 4.90 Å². The molecule has 3 aliphatic heterocycles. The number of amides is 1. The molecule has 1 spiro atoms. The Morgan fingerprint density at radius 3 is 2.71 bits per heavy atom. The Morgan fingerprint density at radius 2 is 1.91 bits per heavy atom. The molecule has 1 unspecified atom stereocenters. The molecule has 2 bridgehead atoms. The van der Waals surface area contributed by atoms with Crippen molar-refractivity contribution in [1.29, 1.82) is 0 Å².